The van der Waals surface area contributed by atoms with Crippen LogP contribution in [-0.4, -0.2) is 41.0 Å². The van der Waals surface area contributed by atoms with Crippen molar-refractivity contribution in [2.45, 2.75) is 32.4 Å². The number of aromatic nitrogens is 2. The summed E-state index contributed by atoms with van der Waals surface area (Å²) in [5.41, 5.74) is 5.21. The summed E-state index contributed by atoms with van der Waals surface area (Å²) in [5, 5.41) is 4.85. The summed E-state index contributed by atoms with van der Waals surface area (Å²) in [6.45, 7) is 4.51. The fourth-order valence-corrected chi connectivity index (χ4v) is 3.73. The monoisotopic (exact) mass is 379 g/mol. The van der Waals surface area contributed by atoms with Gasteiger partial charge in [-0.15, -0.1) is 0 Å². The van der Waals surface area contributed by atoms with E-state index in [9.17, 15) is 4.39 Å². The number of nitrogens with zero attached hydrogens (tertiary/aromatic N) is 3. The van der Waals surface area contributed by atoms with Crippen molar-refractivity contribution in [2.75, 3.05) is 20.3 Å². The highest BCUT2D eigenvalue weighted by Crippen LogP contribution is 2.26. The minimum atomic E-state index is -0.234. The zero-order valence-corrected chi connectivity index (χ0v) is 16.4. The first kappa shape index (κ1) is 18.8. The maximum atomic E-state index is 13.4. The predicted octanol–water partition coefficient (Wildman–Crippen LogP) is 4.60. The van der Waals surface area contributed by atoms with E-state index < -0.39 is 0 Å². The van der Waals surface area contributed by atoms with Crippen molar-refractivity contribution in [2.24, 2.45) is 0 Å². The van der Waals surface area contributed by atoms with Gasteiger partial charge in [0.15, 0.2) is 0 Å². The van der Waals surface area contributed by atoms with Crippen LogP contribution in [0.15, 0.2) is 54.7 Å². The summed E-state index contributed by atoms with van der Waals surface area (Å²) in [6.07, 6.45) is 4.20. The van der Waals surface area contributed by atoms with Gasteiger partial charge in [-0.05, 0) is 63.2 Å². The van der Waals surface area contributed by atoms with Gasteiger partial charge in [-0.1, -0.05) is 17.7 Å². The van der Waals surface area contributed by atoms with Crippen molar-refractivity contribution in [3.05, 3.63) is 71.7 Å². The van der Waals surface area contributed by atoms with Gasteiger partial charge in [0.1, 0.15) is 5.82 Å². The minimum Gasteiger partial charge on any atom is -0.381 e. The topological polar surface area (TPSA) is 30.3 Å². The number of halogens is 1. The Morgan fingerprint density at radius 3 is 2.43 bits per heavy atom. The van der Waals surface area contributed by atoms with E-state index in [-0.39, 0.29) is 5.82 Å². The molecule has 0 unspecified atom stereocenters. The van der Waals surface area contributed by atoms with E-state index in [2.05, 4.69) is 49.3 Å². The van der Waals surface area contributed by atoms with Crippen molar-refractivity contribution >= 4 is 0 Å². The van der Waals surface area contributed by atoms with Crippen LogP contribution in [0.3, 0.4) is 0 Å². The Morgan fingerprint density at radius 1 is 1.07 bits per heavy atom. The van der Waals surface area contributed by atoms with E-state index in [1.54, 1.807) is 12.1 Å². The average Bonchev–Trinajstić information content (AvgIpc) is 3.13. The highest BCUT2D eigenvalue weighted by Gasteiger charge is 2.21. The summed E-state index contributed by atoms with van der Waals surface area (Å²) in [7, 11) is 2.16. The predicted molar refractivity (Wildman–Crippen MR) is 109 cm³/mol. The van der Waals surface area contributed by atoms with Crippen LogP contribution in [0.4, 0.5) is 4.39 Å². The Labute approximate surface area is 165 Å². The highest BCUT2D eigenvalue weighted by molar-refractivity contribution is 5.63. The van der Waals surface area contributed by atoms with Crippen LogP contribution < -0.4 is 0 Å². The van der Waals surface area contributed by atoms with Gasteiger partial charge in [-0.25, -0.2) is 9.07 Å². The largest absolute Gasteiger partial charge is 0.381 e. The zero-order chi connectivity index (χ0) is 19.5. The molecule has 1 aromatic heterocycles. The van der Waals surface area contributed by atoms with Crippen molar-refractivity contribution < 1.29 is 9.13 Å². The fourth-order valence-electron chi connectivity index (χ4n) is 3.73. The smallest absolute Gasteiger partial charge is 0.123 e. The van der Waals surface area contributed by atoms with Gasteiger partial charge in [0.2, 0.25) is 0 Å². The van der Waals surface area contributed by atoms with E-state index in [1.165, 1.54) is 17.7 Å². The molecule has 5 heteroatoms. The Balaban J connectivity index is 1.67. The molecule has 0 amide bonds. The molecule has 28 heavy (non-hydrogen) atoms. The van der Waals surface area contributed by atoms with E-state index in [1.807, 2.05) is 4.68 Å². The van der Waals surface area contributed by atoms with Crippen molar-refractivity contribution in [1.29, 1.82) is 0 Å². The van der Waals surface area contributed by atoms with Gasteiger partial charge in [0.25, 0.3) is 0 Å². The molecule has 0 N–H and O–H groups in total. The molecule has 3 aromatic rings. The summed E-state index contributed by atoms with van der Waals surface area (Å²) in [4.78, 5) is 2.38. The van der Waals surface area contributed by atoms with Crippen molar-refractivity contribution in [3.8, 4) is 16.9 Å². The van der Waals surface area contributed by atoms with Gasteiger partial charge in [-0.2, -0.15) is 5.10 Å². The number of rotatable bonds is 5. The van der Waals surface area contributed by atoms with Gasteiger partial charge >= 0.3 is 0 Å². The van der Waals surface area contributed by atoms with Crippen LogP contribution in [-0.2, 0) is 11.3 Å². The molecule has 1 aliphatic heterocycles. The average molecular weight is 379 g/mol. The maximum Gasteiger partial charge on any atom is 0.123 e. The lowest BCUT2D eigenvalue weighted by atomic mass is 10.0. The summed E-state index contributed by atoms with van der Waals surface area (Å²) >= 11 is 0. The summed E-state index contributed by atoms with van der Waals surface area (Å²) in [6, 6.07) is 15.4. The molecule has 4 rings (SSSR count). The lowest BCUT2D eigenvalue weighted by Crippen LogP contribution is -2.36. The highest BCUT2D eigenvalue weighted by atomic mass is 19.1. The van der Waals surface area contributed by atoms with Crippen molar-refractivity contribution in [3.63, 3.8) is 0 Å². The van der Waals surface area contributed by atoms with E-state index in [4.69, 9.17) is 9.84 Å². The van der Waals surface area contributed by atoms with E-state index >= 15 is 0 Å². The molecular weight excluding hydrogens is 353 g/mol. The second-order valence-electron chi connectivity index (χ2n) is 7.55. The maximum absolute atomic E-state index is 13.4. The molecule has 0 atom stereocenters. The van der Waals surface area contributed by atoms with Gasteiger partial charge in [0, 0.05) is 43.1 Å². The zero-order valence-electron chi connectivity index (χ0n) is 16.4. The number of aryl methyl sites for hydroxylation is 1. The molecule has 1 fully saturated rings. The molecule has 0 spiro atoms. The lowest BCUT2D eigenvalue weighted by molar-refractivity contribution is 0.0407. The van der Waals surface area contributed by atoms with Gasteiger partial charge < -0.3 is 4.74 Å². The van der Waals surface area contributed by atoms with E-state index in [0.29, 0.717) is 6.04 Å². The summed E-state index contributed by atoms with van der Waals surface area (Å²) < 4.78 is 20.8. The summed E-state index contributed by atoms with van der Waals surface area (Å²) in [5.74, 6) is -0.234. The third-order valence-electron chi connectivity index (χ3n) is 5.44. The normalized spacial score (nSPS) is 15.3. The van der Waals surface area contributed by atoms with Crippen LogP contribution in [0.1, 0.15) is 24.0 Å². The van der Waals surface area contributed by atoms with Crippen LogP contribution in [0.5, 0.6) is 0 Å². The molecular formula is C23H26FN3O. The van der Waals surface area contributed by atoms with Crippen LogP contribution >= 0.6 is 0 Å². The molecule has 1 saturated heterocycles. The standard InChI is InChI=1S/C23H26FN3O/c1-17-3-9-22(10-4-17)27-16-19(15-26(2)21-11-13-28-14-12-21)23(25-27)18-5-7-20(24)8-6-18/h3-10,16,21H,11-15H2,1-2H3. The molecule has 0 radical (unpaired) electrons. The second kappa shape index (κ2) is 8.25. The molecule has 0 saturated carbocycles. The lowest BCUT2D eigenvalue weighted by Gasteiger charge is -2.31. The number of hydrogen-bond donors (Lipinski definition) is 0. The number of ether oxygens (including phenoxy) is 1. The number of benzene rings is 2. The van der Waals surface area contributed by atoms with Crippen LogP contribution in [0.2, 0.25) is 0 Å². The first-order chi connectivity index (χ1) is 13.6. The van der Waals surface area contributed by atoms with Crippen LogP contribution in [0.25, 0.3) is 16.9 Å². The molecule has 4 nitrogen and oxygen atoms in total. The van der Waals surface area contributed by atoms with Crippen molar-refractivity contribution in [1.82, 2.24) is 14.7 Å². The van der Waals surface area contributed by atoms with E-state index in [0.717, 1.165) is 55.1 Å². The second-order valence-corrected chi connectivity index (χ2v) is 7.55. The number of hydrogen-bond acceptors (Lipinski definition) is 3. The Bertz CT molecular complexity index is 912. The first-order valence-corrected chi connectivity index (χ1v) is 9.79. The molecule has 2 heterocycles. The van der Waals surface area contributed by atoms with Crippen LogP contribution in [0, 0.1) is 12.7 Å². The fraction of sp³-hybridized carbons (Fsp3) is 0.348. The SMILES string of the molecule is Cc1ccc(-n2cc(CN(C)C3CCOCC3)c(-c3ccc(F)cc3)n2)cc1. The first-order valence-electron chi connectivity index (χ1n) is 9.79. The molecule has 0 aliphatic carbocycles. The molecule has 1 aliphatic rings. The molecule has 2 aromatic carbocycles. The quantitative estimate of drug-likeness (QED) is 0.649. The molecule has 0 bridgehead atoms. The minimum absolute atomic E-state index is 0.234. The third kappa shape index (κ3) is 4.16. The Morgan fingerprint density at radius 2 is 1.75 bits per heavy atom. The van der Waals surface area contributed by atoms with Gasteiger partial charge in [0.05, 0.1) is 11.4 Å². The third-order valence-corrected chi connectivity index (χ3v) is 5.44. The molecule has 146 valence electrons. The van der Waals surface area contributed by atoms with Gasteiger partial charge in [-0.3, -0.25) is 4.90 Å². The Hall–Kier alpha value is -2.50. The Kier molecular flexibility index (Phi) is 5.55.